The van der Waals surface area contributed by atoms with Crippen LogP contribution in [0.3, 0.4) is 0 Å². The molecule has 0 aliphatic rings. The highest BCUT2D eigenvalue weighted by Crippen LogP contribution is 2.17. The van der Waals surface area contributed by atoms with E-state index in [2.05, 4.69) is 24.3 Å². The maximum absolute atomic E-state index is 5.54. The monoisotopic (exact) mass is 255 g/mol. The minimum Gasteiger partial charge on any atom is -0.385 e. The standard InChI is InChI=1S/C13H21NO2S/c1-15-7-2-8-16-9-10-17-13-5-3-12(11-14)4-6-13/h3-6H,2,7-11,14H2,1H3. The van der Waals surface area contributed by atoms with Crippen molar-refractivity contribution < 1.29 is 9.47 Å². The second-order valence-corrected chi connectivity index (χ2v) is 4.82. The third kappa shape index (κ3) is 6.68. The summed E-state index contributed by atoms with van der Waals surface area (Å²) in [5.74, 6) is 0.981. The Bertz CT molecular complexity index is 290. The first-order valence-electron chi connectivity index (χ1n) is 5.85. The molecule has 0 aromatic heterocycles. The zero-order valence-corrected chi connectivity index (χ0v) is 11.2. The van der Waals surface area contributed by atoms with Gasteiger partial charge < -0.3 is 15.2 Å². The highest BCUT2D eigenvalue weighted by Gasteiger charge is 1.95. The molecule has 0 saturated heterocycles. The van der Waals surface area contributed by atoms with Gasteiger partial charge in [0.2, 0.25) is 0 Å². The van der Waals surface area contributed by atoms with E-state index in [1.807, 2.05) is 0 Å². The van der Waals surface area contributed by atoms with Crippen molar-refractivity contribution >= 4 is 11.8 Å². The van der Waals surface area contributed by atoms with Crippen molar-refractivity contribution in [3.05, 3.63) is 29.8 Å². The van der Waals surface area contributed by atoms with Crippen LogP contribution in [0, 0.1) is 0 Å². The Morgan fingerprint density at radius 1 is 1.12 bits per heavy atom. The Kier molecular flexibility index (Phi) is 8.09. The normalized spacial score (nSPS) is 10.7. The SMILES string of the molecule is COCCCOCCSc1ccc(CN)cc1. The van der Waals surface area contributed by atoms with Crippen LogP contribution in [0.2, 0.25) is 0 Å². The molecular formula is C13H21NO2S. The molecule has 0 aliphatic heterocycles. The molecule has 0 radical (unpaired) electrons. The van der Waals surface area contributed by atoms with Crippen LogP contribution in [0.25, 0.3) is 0 Å². The molecule has 96 valence electrons. The van der Waals surface area contributed by atoms with E-state index in [-0.39, 0.29) is 0 Å². The van der Waals surface area contributed by atoms with Gasteiger partial charge >= 0.3 is 0 Å². The third-order valence-corrected chi connectivity index (χ3v) is 3.27. The molecule has 0 fully saturated rings. The van der Waals surface area contributed by atoms with Crippen LogP contribution in [0.5, 0.6) is 0 Å². The van der Waals surface area contributed by atoms with Crippen molar-refractivity contribution in [1.82, 2.24) is 0 Å². The van der Waals surface area contributed by atoms with Crippen molar-refractivity contribution in [3.63, 3.8) is 0 Å². The molecule has 1 rings (SSSR count). The molecule has 0 saturated carbocycles. The van der Waals surface area contributed by atoms with Gasteiger partial charge in [-0.15, -0.1) is 11.8 Å². The summed E-state index contributed by atoms with van der Waals surface area (Å²) in [5.41, 5.74) is 6.71. The van der Waals surface area contributed by atoms with Crippen LogP contribution < -0.4 is 5.73 Å². The number of rotatable bonds is 9. The number of methoxy groups -OCH3 is 1. The molecule has 0 amide bonds. The first-order chi connectivity index (χ1) is 8.36. The summed E-state index contributed by atoms with van der Waals surface area (Å²) in [6.07, 6.45) is 0.965. The van der Waals surface area contributed by atoms with Gasteiger partial charge in [0.1, 0.15) is 0 Å². The fourth-order valence-corrected chi connectivity index (χ4v) is 2.11. The molecule has 1 aromatic rings. The molecule has 3 nitrogen and oxygen atoms in total. The highest BCUT2D eigenvalue weighted by molar-refractivity contribution is 7.99. The molecule has 17 heavy (non-hydrogen) atoms. The van der Waals surface area contributed by atoms with Gasteiger partial charge in [0.15, 0.2) is 0 Å². The number of benzene rings is 1. The molecule has 4 heteroatoms. The topological polar surface area (TPSA) is 44.5 Å². The second kappa shape index (κ2) is 9.48. The van der Waals surface area contributed by atoms with Gasteiger partial charge in [-0.05, 0) is 24.1 Å². The van der Waals surface area contributed by atoms with Crippen LogP contribution >= 0.6 is 11.8 Å². The highest BCUT2D eigenvalue weighted by atomic mass is 32.2. The average Bonchev–Trinajstić information content (AvgIpc) is 2.38. The molecule has 0 aliphatic carbocycles. The van der Waals surface area contributed by atoms with Gasteiger partial charge in [0.05, 0.1) is 6.61 Å². The summed E-state index contributed by atoms with van der Waals surface area (Å²) in [4.78, 5) is 1.27. The third-order valence-electron chi connectivity index (χ3n) is 2.29. The number of hydrogen-bond acceptors (Lipinski definition) is 4. The van der Waals surface area contributed by atoms with Gasteiger partial charge in [0, 0.05) is 37.5 Å². The van der Waals surface area contributed by atoms with Crippen LogP contribution in [-0.2, 0) is 16.0 Å². The summed E-state index contributed by atoms with van der Waals surface area (Å²) in [5, 5.41) is 0. The number of nitrogens with two attached hydrogens (primary N) is 1. The van der Waals surface area contributed by atoms with Gasteiger partial charge in [-0.2, -0.15) is 0 Å². The second-order valence-electron chi connectivity index (χ2n) is 3.66. The largest absolute Gasteiger partial charge is 0.385 e. The first-order valence-corrected chi connectivity index (χ1v) is 6.84. The summed E-state index contributed by atoms with van der Waals surface area (Å²) in [6, 6.07) is 8.36. The fourth-order valence-electron chi connectivity index (χ4n) is 1.35. The zero-order valence-electron chi connectivity index (χ0n) is 10.4. The molecular weight excluding hydrogens is 234 g/mol. The van der Waals surface area contributed by atoms with Crippen LogP contribution in [0.15, 0.2) is 29.2 Å². The summed E-state index contributed by atoms with van der Waals surface area (Å²) in [6.45, 7) is 2.94. The van der Waals surface area contributed by atoms with E-state index in [9.17, 15) is 0 Å². The lowest BCUT2D eigenvalue weighted by Crippen LogP contribution is -2.02. The van der Waals surface area contributed by atoms with E-state index in [0.29, 0.717) is 6.54 Å². The minimum absolute atomic E-state index is 0.605. The van der Waals surface area contributed by atoms with E-state index in [0.717, 1.165) is 32.0 Å². The lowest BCUT2D eigenvalue weighted by atomic mass is 10.2. The van der Waals surface area contributed by atoms with Crippen molar-refractivity contribution in [3.8, 4) is 0 Å². The lowest BCUT2D eigenvalue weighted by Gasteiger charge is -2.04. The molecule has 0 bridgehead atoms. The van der Waals surface area contributed by atoms with Gasteiger partial charge in [0.25, 0.3) is 0 Å². The number of ether oxygens (including phenoxy) is 2. The predicted octanol–water partition coefficient (Wildman–Crippen LogP) is 2.29. The number of hydrogen-bond donors (Lipinski definition) is 1. The first kappa shape index (κ1) is 14.5. The van der Waals surface area contributed by atoms with Crippen LogP contribution in [-0.4, -0.2) is 32.7 Å². The molecule has 1 aromatic carbocycles. The van der Waals surface area contributed by atoms with E-state index < -0.39 is 0 Å². The smallest absolute Gasteiger partial charge is 0.0560 e. The Morgan fingerprint density at radius 3 is 2.53 bits per heavy atom. The molecule has 0 atom stereocenters. The molecule has 2 N–H and O–H groups in total. The van der Waals surface area contributed by atoms with E-state index in [1.54, 1.807) is 18.9 Å². The Morgan fingerprint density at radius 2 is 1.88 bits per heavy atom. The predicted molar refractivity (Wildman–Crippen MR) is 72.4 cm³/mol. The maximum atomic E-state index is 5.54. The Labute approximate surface area is 108 Å². The van der Waals surface area contributed by atoms with Crippen molar-refractivity contribution in [2.24, 2.45) is 5.73 Å². The average molecular weight is 255 g/mol. The van der Waals surface area contributed by atoms with Crippen LogP contribution in [0.1, 0.15) is 12.0 Å². The van der Waals surface area contributed by atoms with E-state index >= 15 is 0 Å². The van der Waals surface area contributed by atoms with Crippen LogP contribution in [0.4, 0.5) is 0 Å². The zero-order chi connectivity index (χ0) is 12.3. The lowest BCUT2D eigenvalue weighted by molar-refractivity contribution is 0.113. The Hall–Kier alpha value is -0.550. The summed E-state index contributed by atoms with van der Waals surface area (Å²) < 4.78 is 10.4. The Balaban J connectivity index is 2.05. The molecule has 0 unspecified atom stereocenters. The minimum atomic E-state index is 0.605. The van der Waals surface area contributed by atoms with Crippen molar-refractivity contribution in [1.29, 1.82) is 0 Å². The summed E-state index contributed by atoms with van der Waals surface area (Å²) >= 11 is 1.81. The van der Waals surface area contributed by atoms with Gasteiger partial charge in [-0.1, -0.05) is 12.1 Å². The van der Waals surface area contributed by atoms with Crippen molar-refractivity contribution in [2.75, 3.05) is 32.7 Å². The van der Waals surface area contributed by atoms with E-state index in [4.69, 9.17) is 15.2 Å². The number of thioether (sulfide) groups is 1. The van der Waals surface area contributed by atoms with Crippen molar-refractivity contribution in [2.45, 2.75) is 17.9 Å². The summed E-state index contributed by atoms with van der Waals surface area (Å²) in [7, 11) is 1.71. The molecule has 0 heterocycles. The van der Waals surface area contributed by atoms with Gasteiger partial charge in [-0.3, -0.25) is 0 Å². The quantitative estimate of drug-likeness (QED) is 0.543. The maximum Gasteiger partial charge on any atom is 0.0560 e. The van der Waals surface area contributed by atoms with E-state index in [1.165, 1.54) is 10.5 Å². The van der Waals surface area contributed by atoms with Gasteiger partial charge in [-0.25, -0.2) is 0 Å². The fraction of sp³-hybridized carbons (Fsp3) is 0.538. The molecule has 0 spiro atoms.